The third kappa shape index (κ3) is 27.2. The number of fused-ring (bicyclic) bond motifs is 2. The van der Waals surface area contributed by atoms with Gasteiger partial charge in [-0.1, -0.05) is 137 Å². The third-order valence-corrected chi connectivity index (χ3v) is 27.7. The SMILES string of the molecule is CCC(C)(C)C(=O)OC(C)(C)C1CCCC1.CCC(C)(C)C(=O)OC12CC3CC(C1)CC(C(=O)OC(CS(=O)(=O)[O-])C(F)(F)F)(C3)C2.CCC(C)(C)C(=O)OC1CCOC1=O.CCC(C)(C)C(=O)Oc1ccc(O)c(C(C)(C)CC)c1.CCC(C)c1ccc(OC(C)(C)CC)cc1.c1ccc([S+]2c3ccccc3Oc3ccccc32)cc1. The van der Waals surface area contributed by atoms with Crippen molar-refractivity contribution in [3.8, 4) is 28.7 Å². The predicted molar refractivity (Wildman–Crippen MR) is 449 cm³/mol. The maximum Gasteiger partial charge on any atom is 0.426 e. The quantitative estimate of drug-likeness (QED) is 0.0184. The summed E-state index contributed by atoms with van der Waals surface area (Å²) in [5.74, 6) is 0.333. The number of para-hydroxylation sites is 2. The molecule has 2 heterocycles. The first-order valence-electron chi connectivity index (χ1n) is 41.9. The second kappa shape index (κ2) is 40.6. The number of aromatic hydroxyl groups is 1. The lowest BCUT2D eigenvalue weighted by atomic mass is 9.48. The van der Waals surface area contributed by atoms with Crippen LogP contribution in [-0.4, -0.2) is 101 Å². The Bertz CT molecular complexity index is 4170. The Balaban J connectivity index is 0.000000223. The molecule has 5 atom stereocenters. The van der Waals surface area contributed by atoms with E-state index in [1.807, 2.05) is 79.7 Å². The van der Waals surface area contributed by atoms with E-state index in [2.05, 4.69) is 153 Å². The molecular weight excluding hydrogens is 1540 g/mol. The third-order valence-electron chi connectivity index (χ3n) is 24.7. The van der Waals surface area contributed by atoms with Crippen molar-refractivity contribution in [3.05, 3.63) is 132 Å². The van der Waals surface area contributed by atoms with E-state index in [9.17, 15) is 60.0 Å². The molecule has 0 aromatic heterocycles. The highest BCUT2D eigenvalue weighted by Crippen LogP contribution is 2.64. The molecule has 117 heavy (non-hydrogen) atoms. The van der Waals surface area contributed by atoms with Crippen molar-refractivity contribution in [2.45, 2.75) is 329 Å². The largest absolute Gasteiger partial charge is 0.748 e. The number of rotatable bonds is 25. The average Bonchev–Trinajstić information content (AvgIpc) is 1.21. The van der Waals surface area contributed by atoms with Gasteiger partial charge in [0.2, 0.25) is 22.0 Å². The Morgan fingerprint density at radius 2 is 1.10 bits per heavy atom. The zero-order valence-corrected chi connectivity index (χ0v) is 75.1. The Labute approximate surface area is 698 Å². The van der Waals surface area contributed by atoms with Crippen LogP contribution < -0.4 is 14.2 Å². The lowest BCUT2D eigenvalue weighted by Crippen LogP contribution is -2.61. The molecule has 0 amide bonds. The Kier molecular flexibility index (Phi) is 34.1. The number of esters is 6. The summed E-state index contributed by atoms with van der Waals surface area (Å²) in [4.78, 5) is 76.3. The molecule has 5 aliphatic carbocycles. The van der Waals surface area contributed by atoms with Crippen LogP contribution >= 0.6 is 0 Å². The fourth-order valence-corrected chi connectivity index (χ4v) is 17.4. The molecule has 0 radical (unpaired) electrons. The maximum absolute atomic E-state index is 13.3. The van der Waals surface area contributed by atoms with Crippen LogP contribution in [-0.2, 0) is 78.9 Å². The van der Waals surface area contributed by atoms with Crippen molar-refractivity contribution in [2.75, 3.05) is 12.4 Å². The molecule has 2 aliphatic heterocycles. The Morgan fingerprint density at radius 1 is 0.607 bits per heavy atom. The predicted octanol–water partition coefficient (Wildman–Crippen LogP) is 22.6. The second-order valence-electron chi connectivity index (χ2n) is 36.8. The fraction of sp³-hybridized carbons (Fsp3) is 0.617. The monoisotopic (exact) mass is 1670 g/mol. The number of ether oxygens (including phenoxy) is 8. The minimum absolute atomic E-state index is 0.00100. The van der Waals surface area contributed by atoms with Crippen molar-refractivity contribution in [3.63, 3.8) is 0 Å². The summed E-state index contributed by atoms with van der Waals surface area (Å²) in [5, 5.41) is 10.0. The standard InChI is InChI=1S/C20H29F3O7S.C18H13OS.C17H26O3.C15H24O.C14H26O2.C10H16O4/c1-4-17(2,3)15(24)30-19-8-12-5-13(9-19)7-18(6-12,11-19)16(25)29-14(20(21,22)23)10-31(26,27)28;1-2-8-14(9-3-1)20-17-12-6-4-10-15(17)19-16-11-5-7-13-18(16)20;1-7-16(3,4)13-11-12(9-10-14(13)18)20-15(19)17(5,6)8-2;1-6-12(3)13-8-10-14(11-9-13)16-15(4,5)7-2;1-6-13(2,3)12(15)16-14(4,5)11-9-7-8-10-11;1-4-10(2,3)9(12)14-7-5-6-13-8(7)11/h12-14H,4-11H2,1-3H3,(H,26,27,28);1-13H;9-11,18H,7-8H2,1-6H3;8-12H,6-7H2,1-5H3;11H,6-10H2,1-5H3;7H,4-6H2,1-3H3/q;+1;;;;/p-1. The van der Waals surface area contributed by atoms with Crippen molar-refractivity contribution < 1.29 is 97.9 Å². The van der Waals surface area contributed by atoms with E-state index in [0.29, 0.717) is 69.1 Å². The van der Waals surface area contributed by atoms with Crippen LogP contribution in [0.1, 0.15) is 285 Å². The van der Waals surface area contributed by atoms with Gasteiger partial charge in [-0.2, -0.15) is 13.2 Å². The van der Waals surface area contributed by atoms with Crippen LogP contribution in [0.5, 0.6) is 28.7 Å². The van der Waals surface area contributed by atoms with E-state index in [4.69, 9.17) is 33.2 Å². The molecule has 4 bridgehead atoms. The summed E-state index contributed by atoms with van der Waals surface area (Å²) in [5.41, 5.74) is -2.66. The molecule has 5 aromatic carbocycles. The molecular formula is C94H133F3O18S2. The summed E-state index contributed by atoms with van der Waals surface area (Å²) in [6.07, 6.45) is 4.93. The van der Waals surface area contributed by atoms with Crippen molar-refractivity contribution in [1.29, 1.82) is 0 Å². The number of halogens is 3. The topological polar surface area (TPSA) is 254 Å². The second-order valence-corrected chi connectivity index (χ2v) is 40.2. The zero-order chi connectivity index (χ0) is 87.7. The lowest BCUT2D eigenvalue weighted by molar-refractivity contribution is -0.239. The van der Waals surface area contributed by atoms with Crippen LogP contribution in [0.3, 0.4) is 0 Å². The van der Waals surface area contributed by atoms with Gasteiger partial charge in [-0.05, 0) is 274 Å². The van der Waals surface area contributed by atoms with E-state index in [1.54, 1.807) is 45.9 Å². The molecule has 0 spiro atoms. The molecule has 5 aromatic rings. The first-order chi connectivity index (χ1) is 54.3. The number of benzene rings is 5. The number of phenols is 1. The first-order valence-corrected chi connectivity index (χ1v) is 44.7. The smallest absolute Gasteiger partial charge is 0.426 e. The van der Waals surface area contributed by atoms with Gasteiger partial charge in [0.05, 0.1) is 49.6 Å². The molecule has 1 saturated heterocycles. The average molecular weight is 1670 g/mol. The number of carbonyl (C=O) groups excluding carboxylic acids is 6. The first kappa shape index (κ1) is 98.2. The van der Waals surface area contributed by atoms with Gasteiger partial charge in [0, 0.05) is 18.4 Å². The number of carbonyl (C=O) groups is 6. The minimum atomic E-state index is -5.27. The zero-order valence-electron chi connectivity index (χ0n) is 73.5. The van der Waals surface area contributed by atoms with Crippen LogP contribution in [0, 0.1) is 44.8 Å². The molecule has 6 fully saturated rings. The molecule has 5 saturated carbocycles. The maximum atomic E-state index is 13.3. The minimum Gasteiger partial charge on any atom is -0.748 e. The number of cyclic esters (lactones) is 1. The number of phenolic OH excluding ortho intramolecular Hbond substituents is 1. The number of hydrogen-bond acceptors (Lipinski definition) is 18. The summed E-state index contributed by atoms with van der Waals surface area (Å²) in [6, 6.07) is 40.8. The van der Waals surface area contributed by atoms with Crippen molar-refractivity contribution >= 4 is 56.8 Å². The van der Waals surface area contributed by atoms with Crippen molar-refractivity contribution in [2.24, 2.45) is 44.8 Å². The van der Waals surface area contributed by atoms with Gasteiger partial charge in [0.15, 0.2) is 16.4 Å². The molecule has 18 nitrogen and oxygen atoms in total. The van der Waals surface area contributed by atoms with Gasteiger partial charge in [-0.25, -0.2) is 13.2 Å². The van der Waals surface area contributed by atoms with Gasteiger partial charge in [0.25, 0.3) is 0 Å². The summed E-state index contributed by atoms with van der Waals surface area (Å²) >= 11 is 0. The lowest BCUT2D eigenvalue weighted by Gasteiger charge is -2.60. The van der Waals surface area contributed by atoms with Crippen LogP contribution in [0.2, 0.25) is 0 Å². The van der Waals surface area contributed by atoms with Crippen LogP contribution in [0.4, 0.5) is 13.2 Å². The molecule has 1 N–H and O–H groups in total. The fourth-order valence-electron chi connectivity index (χ4n) is 14.5. The van der Waals surface area contributed by atoms with Crippen molar-refractivity contribution in [1.82, 2.24) is 0 Å². The van der Waals surface area contributed by atoms with Gasteiger partial charge < -0.3 is 47.6 Å². The highest BCUT2D eigenvalue weighted by Gasteiger charge is 2.64. The Morgan fingerprint density at radius 3 is 1.58 bits per heavy atom. The van der Waals surface area contributed by atoms with E-state index >= 15 is 0 Å². The normalized spacial score (nSPS) is 20.4. The molecule has 23 heteroatoms. The van der Waals surface area contributed by atoms with Gasteiger partial charge >= 0.3 is 42.0 Å². The molecule has 650 valence electrons. The summed E-state index contributed by atoms with van der Waals surface area (Å²) < 4.78 is 116. The van der Waals surface area contributed by atoms with Gasteiger partial charge in [0.1, 0.15) is 44.9 Å². The summed E-state index contributed by atoms with van der Waals surface area (Å²) in [6.45, 7) is 44.0. The summed E-state index contributed by atoms with van der Waals surface area (Å²) in [7, 11) is -5.35. The van der Waals surface area contributed by atoms with E-state index in [-0.39, 0.29) is 74.8 Å². The van der Waals surface area contributed by atoms with Crippen LogP contribution in [0.25, 0.3) is 0 Å². The van der Waals surface area contributed by atoms with E-state index in [1.165, 1.54) is 52.4 Å². The molecule has 7 aliphatic rings. The van der Waals surface area contributed by atoms with E-state index in [0.717, 1.165) is 54.9 Å². The number of alkyl halides is 3. The van der Waals surface area contributed by atoms with E-state index < -0.39 is 79.4 Å². The Hall–Kier alpha value is -7.63. The molecule has 12 rings (SSSR count). The number of hydrogen-bond donors (Lipinski definition) is 1. The molecule has 5 unspecified atom stereocenters. The van der Waals surface area contributed by atoms with Gasteiger partial charge in [-0.15, -0.1) is 0 Å². The highest BCUT2D eigenvalue weighted by molar-refractivity contribution is 7.97. The highest BCUT2D eigenvalue weighted by atomic mass is 32.2. The van der Waals surface area contributed by atoms with Gasteiger partial charge in [-0.3, -0.25) is 24.0 Å². The van der Waals surface area contributed by atoms with Crippen LogP contribution in [0.15, 0.2) is 136 Å².